The Morgan fingerprint density at radius 1 is 1.50 bits per heavy atom. The van der Waals surface area contributed by atoms with Crippen LogP contribution in [-0.4, -0.2) is 38.3 Å². The molecule has 1 aliphatic heterocycles. The van der Waals surface area contributed by atoms with Gasteiger partial charge in [-0.15, -0.1) is 0 Å². The predicted octanol–water partition coefficient (Wildman–Crippen LogP) is 2.28. The third kappa shape index (κ3) is 2.65. The molecule has 3 rings (SSSR count). The van der Waals surface area contributed by atoms with E-state index in [9.17, 15) is 4.79 Å². The molecule has 2 aromatic heterocycles. The highest BCUT2D eigenvalue weighted by atomic mass is 16.5. The minimum atomic E-state index is -0.218. The molecule has 22 heavy (non-hydrogen) atoms. The zero-order valence-corrected chi connectivity index (χ0v) is 13.3. The lowest BCUT2D eigenvalue weighted by molar-refractivity contribution is -0.133. The minimum absolute atomic E-state index is 0.157. The van der Waals surface area contributed by atoms with E-state index in [1.165, 1.54) is 0 Å². The Labute approximate surface area is 130 Å². The van der Waals surface area contributed by atoms with Crippen molar-refractivity contribution in [2.24, 2.45) is 0 Å². The van der Waals surface area contributed by atoms with E-state index in [4.69, 9.17) is 4.52 Å². The molecule has 2 aromatic rings. The molecular weight excluding hydrogens is 280 g/mol. The van der Waals surface area contributed by atoms with Crippen molar-refractivity contribution in [1.29, 1.82) is 0 Å². The smallest absolute Gasteiger partial charge is 0.230 e. The maximum atomic E-state index is 12.9. The number of carbonyl (C=O) groups is 1. The van der Waals surface area contributed by atoms with Gasteiger partial charge in [-0.2, -0.15) is 5.10 Å². The lowest BCUT2D eigenvalue weighted by Crippen LogP contribution is -2.40. The molecule has 1 saturated heterocycles. The van der Waals surface area contributed by atoms with Crippen molar-refractivity contribution >= 4 is 5.91 Å². The van der Waals surface area contributed by atoms with Crippen LogP contribution >= 0.6 is 0 Å². The molecule has 0 unspecified atom stereocenters. The number of amides is 1. The third-order valence-corrected chi connectivity index (χ3v) is 4.51. The summed E-state index contributed by atoms with van der Waals surface area (Å²) in [4.78, 5) is 14.9. The fourth-order valence-corrected chi connectivity index (χ4v) is 3.42. The van der Waals surface area contributed by atoms with Gasteiger partial charge in [0.25, 0.3) is 0 Å². The number of aryl methyl sites for hydroxylation is 2. The minimum Gasteiger partial charge on any atom is -0.361 e. The number of hydrogen-bond acceptors (Lipinski definition) is 4. The van der Waals surface area contributed by atoms with E-state index >= 15 is 0 Å². The zero-order chi connectivity index (χ0) is 15.7. The van der Waals surface area contributed by atoms with Gasteiger partial charge in [0.15, 0.2) is 0 Å². The molecule has 6 heteroatoms. The first-order valence-electron chi connectivity index (χ1n) is 7.78. The average Bonchev–Trinajstić information content (AvgIpc) is 3.21. The van der Waals surface area contributed by atoms with E-state index in [2.05, 4.69) is 10.3 Å². The first-order valence-corrected chi connectivity index (χ1v) is 7.78. The van der Waals surface area contributed by atoms with Crippen molar-refractivity contribution in [2.45, 2.75) is 52.1 Å². The fraction of sp³-hybridized carbons (Fsp3) is 0.562. The highest BCUT2D eigenvalue weighted by molar-refractivity contribution is 5.84. The molecule has 118 valence electrons. The largest absolute Gasteiger partial charge is 0.361 e. The van der Waals surface area contributed by atoms with Crippen LogP contribution < -0.4 is 0 Å². The molecule has 0 saturated carbocycles. The van der Waals surface area contributed by atoms with E-state index in [1.807, 2.05) is 42.6 Å². The highest BCUT2D eigenvalue weighted by Crippen LogP contribution is 2.28. The maximum absolute atomic E-state index is 12.9. The molecule has 1 aliphatic rings. The van der Waals surface area contributed by atoms with Gasteiger partial charge in [-0.1, -0.05) is 5.16 Å². The molecule has 1 fully saturated rings. The number of nitrogens with zero attached hydrogens (tertiary/aromatic N) is 4. The molecule has 0 bridgehead atoms. The SMILES string of the molecule is Cc1noc(C)c1[C@@H](C)C(=O)N1CCC[C@@H]1Cn1cccn1. The summed E-state index contributed by atoms with van der Waals surface area (Å²) >= 11 is 0. The van der Waals surface area contributed by atoms with Gasteiger partial charge in [0.05, 0.1) is 24.2 Å². The summed E-state index contributed by atoms with van der Waals surface area (Å²) < 4.78 is 7.11. The number of rotatable bonds is 4. The second kappa shape index (κ2) is 5.94. The third-order valence-electron chi connectivity index (χ3n) is 4.51. The Morgan fingerprint density at radius 3 is 2.95 bits per heavy atom. The second-order valence-electron chi connectivity index (χ2n) is 6.02. The Kier molecular flexibility index (Phi) is 4.00. The van der Waals surface area contributed by atoms with Crippen LogP contribution in [0.2, 0.25) is 0 Å². The second-order valence-corrected chi connectivity index (χ2v) is 6.02. The van der Waals surface area contributed by atoms with Crippen molar-refractivity contribution < 1.29 is 9.32 Å². The van der Waals surface area contributed by atoms with Gasteiger partial charge in [-0.05, 0) is 39.7 Å². The summed E-state index contributed by atoms with van der Waals surface area (Å²) in [7, 11) is 0. The van der Waals surface area contributed by atoms with Gasteiger partial charge < -0.3 is 9.42 Å². The summed E-state index contributed by atoms with van der Waals surface area (Å²) in [6.45, 7) is 7.27. The maximum Gasteiger partial charge on any atom is 0.230 e. The molecular formula is C16H22N4O2. The Hall–Kier alpha value is -2.11. The Morgan fingerprint density at radius 2 is 2.32 bits per heavy atom. The van der Waals surface area contributed by atoms with Gasteiger partial charge in [0.2, 0.25) is 5.91 Å². The van der Waals surface area contributed by atoms with E-state index in [0.29, 0.717) is 0 Å². The first-order chi connectivity index (χ1) is 10.6. The fourth-order valence-electron chi connectivity index (χ4n) is 3.42. The van der Waals surface area contributed by atoms with E-state index in [1.54, 1.807) is 6.20 Å². The molecule has 0 aliphatic carbocycles. The number of carbonyl (C=O) groups excluding carboxylic acids is 1. The van der Waals surface area contributed by atoms with Gasteiger partial charge in [-0.25, -0.2) is 0 Å². The first kappa shape index (κ1) is 14.8. The van der Waals surface area contributed by atoms with Crippen LogP contribution in [0.1, 0.15) is 42.7 Å². The van der Waals surface area contributed by atoms with Gasteiger partial charge in [-0.3, -0.25) is 9.48 Å². The van der Waals surface area contributed by atoms with E-state index in [0.717, 1.165) is 42.9 Å². The average molecular weight is 302 g/mol. The van der Waals surface area contributed by atoms with E-state index in [-0.39, 0.29) is 17.9 Å². The van der Waals surface area contributed by atoms with E-state index < -0.39 is 0 Å². The van der Waals surface area contributed by atoms with Crippen LogP contribution in [0.15, 0.2) is 23.0 Å². The van der Waals surface area contributed by atoms with Crippen molar-refractivity contribution in [1.82, 2.24) is 19.8 Å². The topological polar surface area (TPSA) is 64.2 Å². The van der Waals surface area contributed by atoms with Crippen molar-refractivity contribution in [3.63, 3.8) is 0 Å². The van der Waals surface area contributed by atoms with Crippen LogP contribution in [0.25, 0.3) is 0 Å². The number of likely N-dealkylation sites (tertiary alicyclic amines) is 1. The van der Waals surface area contributed by atoms with Crippen molar-refractivity contribution in [3.8, 4) is 0 Å². The van der Waals surface area contributed by atoms with Crippen LogP contribution in [0.3, 0.4) is 0 Å². The molecule has 1 amide bonds. The van der Waals surface area contributed by atoms with Crippen molar-refractivity contribution in [3.05, 3.63) is 35.5 Å². The molecule has 3 heterocycles. The zero-order valence-electron chi connectivity index (χ0n) is 13.3. The number of aromatic nitrogens is 3. The predicted molar refractivity (Wildman–Crippen MR) is 81.4 cm³/mol. The van der Waals surface area contributed by atoms with Crippen LogP contribution in [0.4, 0.5) is 0 Å². The molecule has 0 N–H and O–H groups in total. The van der Waals surface area contributed by atoms with Gasteiger partial charge >= 0.3 is 0 Å². The molecule has 6 nitrogen and oxygen atoms in total. The number of hydrogen-bond donors (Lipinski definition) is 0. The standard InChI is InChI=1S/C16H22N4O2/c1-11(15-12(2)18-22-13(15)3)16(21)20-9-4-6-14(20)10-19-8-5-7-17-19/h5,7-8,11,14H,4,6,9-10H2,1-3H3/t11-,14-/m1/s1. The molecule has 0 spiro atoms. The molecule has 2 atom stereocenters. The lowest BCUT2D eigenvalue weighted by atomic mass is 9.97. The monoisotopic (exact) mass is 302 g/mol. The van der Waals surface area contributed by atoms with Crippen LogP contribution in [0.5, 0.6) is 0 Å². The Bertz CT molecular complexity index is 628. The summed E-state index contributed by atoms with van der Waals surface area (Å²) in [6, 6.07) is 2.13. The highest BCUT2D eigenvalue weighted by Gasteiger charge is 2.34. The molecule has 0 aromatic carbocycles. The summed E-state index contributed by atoms with van der Waals surface area (Å²) in [5.41, 5.74) is 1.73. The summed E-state index contributed by atoms with van der Waals surface area (Å²) in [5.74, 6) is 0.676. The van der Waals surface area contributed by atoms with Crippen molar-refractivity contribution in [2.75, 3.05) is 6.54 Å². The molecule has 0 radical (unpaired) electrons. The lowest BCUT2D eigenvalue weighted by Gasteiger charge is -2.27. The quantitative estimate of drug-likeness (QED) is 0.869. The van der Waals surface area contributed by atoms with Crippen LogP contribution in [0, 0.1) is 13.8 Å². The normalized spacial score (nSPS) is 19.6. The Balaban J connectivity index is 1.75. The van der Waals surface area contributed by atoms with Gasteiger partial charge in [0.1, 0.15) is 5.76 Å². The summed E-state index contributed by atoms with van der Waals surface area (Å²) in [6.07, 6.45) is 5.79. The summed E-state index contributed by atoms with van der Waals surface area (Å²) in [5, 5.41) is 8.22. The van der Waals surface area contributed by atoms with Crippen LogP contribution in [-0.2, 0) is 11.3 Å². The van der Waals surface area contributed by atoms with Gasteiger partial charge in [0, 0.05) is 24.5 Å².